The highest BCUT2D eigenvalue weighted by Gasteiger charge is 2.31. The number of benzene rings is 1. The average Bonchev–Trinajstić information content (AvgIpc) is 2.79. The van der Waals surface area contributed by atoms with Crippen LogP contribution in [0.25, 0.3) is 0 Å². The van der Waals surface area contributed by atoms with Crippen LogP contribution in [0.3, 0.4) is 0 Å². The van der Waals surface area contributed by atoms with Crippen LogP contribution < -0.4 is 5.32 Å². The Balaban J connectivity index is 1.89. The van der Waals surface area contributed by atoms with Crippen LogP contribution in [-0.4, -0.2) is 30.1 Å². The van der Waals surface area contributed by atoms with Gasteiger partial charge in [0.25, 0.3) is 0 Å². The van der Waals surface area contributed by atoms with E-state index in [9.17, 15) is 0 Å². The smallest absolute Gasteiger partial charge is 0.0239 e. The Kier molecular flexibility index (Phi) is 5.83. The van der Waals surface area contributed by atoms with Gasteiger partial charge in [-0.1, -0.05) is 38.1 Å². The maximum Gasteiger partial charge on any atom is 0.0239 e. The molecule has 0 radical (unpaired) electrons. The third kappa shape index (κ3) is 4.55. The van der Waals surface area contributed by atoms with Crippen molar-refractivity contribution < 1.29 is 0 Å². The van der Waals surface area contributed by atoms with Gasteiger partial charge in [0.2, 0.25) is 0 Å². The van der Waals surface area contributed by atoms with E-state index in [-0.39, 0.29) is 0 Å². The summed E-state index contributed by atoms with van der Waals surface area (Å²) in [6, 6.07) is 9.27. The first kappa shape index (κ1) is 16.5. The molecule has 0 saturated carbocycles. The average molecular weight is 288 g/mol. The molecule has 2 nitrogen and oxygen atoms in total. The Morgan fingerprint density at radius 2 is 1.95 bits per heavy atom. The van der Waals surface area contributed by atoms with Gasteiger partial charge in [-0.25, -0.2) is 0 Å². The summed E-state index contributed by atoms with van der Waals surface area (Å²) in [7, 11) is 0. The third-order valence-corrected chi connectivity index (χ3v) is 4.87. The second kappa shape index (κ2) is 7.42. The minimum absolute atomic E-state index is 0.371. The summed E-state index contributed by atoms with van der Waals surface area (Å²) in [5.74, 6) is 0.592. The largest absolute Gasteiger partial charge is 0.316 e. The molecule has 1 aliphatic rings. The van der Waals surface area contributed by atoms with Gasteiger partial charge in [-0.3, -0.25) is 4.90 Å². The quantitative estimate of drug-likeness (QED) is 0.758. The Morgan fingerprint density at radius 1 is 1.24 bits per heavy atom. The Morgan fingerprint density at radius 3 is 2.52 bits per heavy atom. The molecule has 0 aromatic heterocycles. The molecule has 21 heavy (non-hydrogen) atoms. The van der Waals surface area contributed by atoms with Crippen LogP contribution in [0.2, 0.25) is 0 Å². The molecule has 2 heteroatoms. The van der Waals surface area contributed by atoms with Gasteiger partial charge in [0.15, 0.2) is 0 Å². The van der Waals surface area contributed by atoms with Crippen molar-refractivity contribution in [3.05, 3.63) is 35.4 Å². The minimum Gasteiger partial charge on any atom is -0.316 e. The Bertz CT molecular complexity index is 422. The zero-order valence-corrected chi connectivity index (χ0v) is 14.3. The summed E-state index contributed by atoms with van der Waals surface area (Å²) in [6.45, 7) is 13.8. The molecule has 1 aromatic rings. The van der Waals surface area contributed by atoms with Gasteiger partial charge in [-0.05, 0) is 63.2 Å². The molecule has 1 aromatic carbocycles. The molecule has 118 valence electrons. The standard InChI is InChI=1S/C19H32N2/c1-5-12-20-14-16(2)18-9-7-17(8-10-18)15-21-13-6-11-19(21,3)4/h7-10,16,20H,5-6,11-15H2,1-4H3. The Labute approximate surface area is 130 Å². The molecule has 1 unspecified atom stereocenters. The topological polar surface area (TPSA) is 15.3 Å². The second-order valence-corrected chi connectivity index (χ2v) is 7.18. The van der Waals surface area contributed by atoms with Crippen molar-refractivity contribution in [3.63, 3.8) is 0 Å². The molecule has 1 heterocycles. The van der Waals surface area contributed by atoms with Gasteiger partial charge < -0.3 is 5.32 Å². The fourth-order valence-corrected chi connectivity index (χ4v) is 3.24. The van der Waals surface area contributed by atoms with Crippen molar-refractivity contribution >= 4 is 0 Å². The molecule has 0 aliphatic carbocycles. The van der Waals surface area contributed by atoms with E-state index in [0.717, 1.165) is 19.6 Å². The fraction of sp³-hybridized carbons (Fsp3) is 0.684. The van der Waals surface area contributed by atoms with Crippen molar-refractivity contribution in [3.8, 4) is 0 Å². The molecular formula is C19H32N2. The van der Waals surface area contributed by atoms with E-state index in [4.69, 9.17) is 0 Å². The zero-order valence-electron chi connectivity index (χ0n) is 14.3. The van der Waals surface area contributed by atoms with Gasteiger partial charge in [0.1, 0.15) is 0 Å². The highest BCUT2D eigenvalue weighted by molar-refractivity contribution is 5.25. The normalized spacial score (nSPS) is 19.8. The van der Waals surface area contributed by atoms with Crippen LogP contribution >= 0.6 is 0 Å². The van der Waals surface area contributed by atoms with Gasteiger partial charge in [0.05, 0.1) is 0 Å². The lowest BCUT2D eigenvalue weighted by atomic mass is 9.98. The number of likely N-dealkylation sites (tertiary alicyclic amines) is 1. The second-order valence-electron chi connectivity index (χ2n) is 7.18. The summed E-state index contributed by atoms with van der Waals surface area (Å²) in [5, 5.41) is 3.51. The lowest BCUT2D eigenvalue weighted by Gasteiger charge is -2.31. The highest BCUT2D eigenvalue weighted by atomic mass is 15.2. The molecule has 0 spiro atoms. The Hall–Kier alpha value is -0.860. The molecule has 0 bridgehead atoms. The third-order valence-electron chi connectivity index (χ3n) is 4.87. The minimum atomic E-state index is 0.371. The predicted octanol–water partition coefficient (Wildman–Crippen LogP) is 4.16. The molecule has 1 atom stereocenters. The fourth-order valence-electron chi connectivity index (χ4n) is 3.24. The first-order valence-corrected chi connectivity index (χ1v) is 8.57. The lowest BCUT2D eigenvalue weighted by Crippen LogP contribution is -2.37. The molecule has 0 amide bonds. The summed E-state index contributed by atoms with van der Waals surface area (Å²) in [4.78, 5) is 2.62. The van der Waals surface area contributed by atoms with E-state index in [1.165, 1.54) is 36.9 Å². The summed E-state index contributed by atoms with van der Waals surface area (Å²) < 4.78 is 0. The first-order valence-electron chi connectivity index (χ1n) is 8.57. The molecular weight excluding hydrogens is 256 g/mol. The SMILES string of the molecule is CCCNCC(C)c1ccc(CN2CCCC2(C)C)cc1. The van der Waals surface area contributed by atoms with Crippen molar-refractivity contribution in [2.75, 3.05) is 19.6 Å². The van der Waals surface area contributed by atoms with Gasteiger partial charge >= 0.3 is 0 Å². The summed E-state index contributed by atoms with van der Waals surface area (Å²) >= 11 is 0. The summed E-state index contributed by atoms with van der Waals surface area (Å²) in [5.41, 5.74) is 3.27. The van der Waals surface area contributed by atoms with Crippen molar-refractivity contribution in [2.45, 2.75) is 65.0 Å². The van der Waals surface area contributed by atoms with Crippen LogP contribution in [-0.2, 0) is 6.54 Å². The van der Waals surface area contributed by atoms with E-state index in [2.05, 4.69) is 62.2 Å². The van der Waals surface area contributed by atoms with Crippen LogP contribution in [0, 0.1) is 0 Å². The number of rotatable bonds is 7. The lowest BCUT2D eigenvalue weighted by molar-refractivity contribution is 0.166. The number of hydrogen-bond acceptors (Lipinski definition) is 2. The van der Waals surface area contributed by atoms with E-state index in [0.29, 0.717) is 11.5 Å². The van der Waals surface area contributed by atoms with Gasteiger partial charge in [-0.15, -0.1) is 0 Å². The van der Waals surface area contributed by atoms with Gasteiger partial charge in [0, 0.05) is 18.6 Å². The summed E-state index contributed by atoms with van der Waals surface area (Å²) in [6.07, 6.45) is 3.87. The predicted molar refractivity (Wildman–Crippen MR) is 91.7 cm³/mol. The van der Waals surface area contributed by atoms with E-state index >= 15 is 0 Å². The van der Waals surface area contributed by atoms with Crippen molar-refractivity contribution in [2.24, 2.45) is 0 Å². The van der Waals surface area contributed by atoms with Gasteiger partial charge in [-0.2, -0.15) is 0 Å². The zero-order chi connectivity index (χ0) is 15.3. The maximum absolute atomic E-state index is 3.51. The molecule has 1 N–H and O–H groups in total. The maximum atomic E-state index is 3.51. The van der Waals surface area contributed by atoms with Crippen LogP contribution in [0.15, 0.2) is 24.3 Å². The molecule has 2 rings (SSSR count). The van der Waals surface area contributed by atoms with E-state index < -0.39 is 0 Å². The van der Waals surface area contributed by atoms with Crippen molar-refractivity contribution in [1.29, 1.82) is 0 Å². The molecule has 1 aliphatic heterocycles. The number of hydrogen-bond donors (Lipinski definition) is 1. The van der Waals surface area contributed by atoms with Crippen molar-refractivity contribution in [1.82, 2.24) is 10.2 Å². The first-order chi connectivity index (χ1) is 10.0. The van der Waals surface area contributed by atoms with E-state index in [1.807, 2.05) is 0 Å². The molecule has 1 fully saturated rings. The van der Waals surface area contributed by atoms with Crippen LogP contribution in [0.5, 0.6) is 0 Å². The van der Waals surface area contributed by atoms with Crippen LogP contribution in [0.4, 0.5) is 0 Å². The van der Waals surface area contributed by atoms with Crippen LogP contribution in [0.1, 0.15) is 64.0 Å². The molecule has 1 saturated heterocycles. The monoisotopic (exact) mass is 288 g/mol. The van der Waals surface area contributed by atoms with E-state index in [1.54, 1.807) is 0 Å². The number of nitrogens with one attached hydrogen (secondary N) is 1. The highest BCUT2D eigenvalue weighted by Crippen LogP contribution is 2.29. The number of nitrogens with zero attached hydrogens (tertiary/aromatic N) is 1.